The molecule has 0 atom stereocenters. The first-order chi connectivity index (χ1) is 18.1. The van der Waals surface area contributed by atoms with E-state index >= 15 is 0 Å². The second kappa shape index (κ2) is 13.9. The summed E-state index contributed by atoms with van der Waals surface area (Å²) in [6.45, 7) is 1.17. The van der Waals surface area contributed by atoms with Crippen molar-refractivity contribution in [3.63, 3.8) is 0 Å². The average molecular weight is 533 g/mol. The Bertz CT molecular complexity index is 1020. The number of methoxy groups -OCH3 is 2. The fraction of sp³-hybridized carbons (Fsp3) is 0.667. The molecule has 1 amide bonds. The van der Waals surface area contributed by atoms with Crippen LogP contribution in [0.4, 0.5) is 11.8 Å². The van der Waals surface area contributed by atoms with Crippen molar-refractivity contribution in [2.24, 2.45) is 0 Å². The van der Waals surface area contributed by atoms with Gasteiger partial charge in [-0.15, -0.1) is 11.6 Å². The van der Waals surface area contributed by atoms with Crippen LogP contribution in [-0.4, -0.2) is 67.2 Å². The highest BCUT2D eigenvalue weighted by Crippen LogP contribution is 2.35. The lowest BCUT2D eigenvalue weighted by Crippen LogP contribution is -2.43. The Morgan fingerprint density at radius 1 is 0.919 bits per heavy atom. The number of fused-ring (bicyclic) bond motifs is 1. The lowest BCUT2D eigenvalue weighted by Gasteiger charge is -2.34. The average Bonchev–Trinajstić information content (AvgIpc) is 2.93. The molecule has 1 heterocycles. The molecule has 1 aromatic carbocycles. The van der Waals surface area contributed by atoms with Gasteiger partial charge in [-0.3, -0.25) is 4.79 Å². The number of rotatable bonds is 12. The largest absolute Gasteiger partial charge is 0.493 e. The van der Waals surface area contributed by atoms with E-state index in [-0.39, 0.29) is 11.8 Å². The minimum Gasteiger partial charge on any atom is -0.493 e. The fourth-order valence-corrected chi connectivity index (χ4v) is 5.50. The molecule has 0 bridgehead atoms. The highest BCUT2D eigenvalue weighted by Gasteiger charge is 2.25. The van der Waals surface area contributed by atoms with Crippen molar-refractivity contribution in [2.45, 2.75) is 82.3 Å². The Morgan fingerprint density at radius 2 is 1.59 bits per heavy atom. The van der Waals surface area contributed by atoms with Gasteiger partial charge in [0, 0.05) is 42.7 Å². The van der Waals surface area contributed by atoms with Crippen LogP contribution < -0.4 is 30.7 Å². The van der Waals surface area contributed by atoms with Crippen LogP contribution >= 0.6 is 11.6 Å². The summed E-state index contributed by atoms with van der Waals surface area (Å²) in [7, 11) is 3.26. The second-order valence-electron chi connectivity index (χ2n) is 10.1. The standard InChI is InChI=1S/C27H41ClN6O3/c1-36-23-15-21-22(16-24(23)37-2)33-27(30-14-6-13-29-25(35)17-28)34-26(21)32-20-11-9-19(10-12-20)31-18-7-4-3-5-8-18/h15-16,18-20,31H,3-14,17H2,1-2H3,(H,29,35)(H2,30,32,33,34). The Kier molecular flexibility index (Phi) is 10.3. The van der Waals surface area contributed by atoms with Gasteiger partial charge in [0.25, 0.3) is 0 Å². The number of hydrogen-bond acceptors (Lipinski definition) is 8. The molecule has 1 aromatic heterocycles. The number of halogens is 1. The summed E-state index contributed by atoms with van der Waals surface area (Å²) in [5.74, 6) is 2.42. The number of nitrogens with one attached hydrogen (secondary N) is 4. The van der Waals surface area contributed by atoms with E-state index in [0.717, 1.165) is 36.0 Å². The molecule has 10 heteroatoms. The first kappa shape index (κ1) is 27.5. The number of hydrogen-bond donors (Lipinski definition) is 4. The van der Waals surface area contributed by atoms with Crippen LogP contribution in [-0.2, 0) is 4.79 Å². The molecule has 0 aliphatic heterocycles. The van der Waals surface area contributed by atoms with E-state index in [4.69, 9.17) is 31.0 Å². The molecule has 204 valence electrons. The molecule has 2 aromatic rings. The minimum atomic E-state index is -0.167. The molecule has 0 radical (unpaired) electrons. The van der Waals surface area contributed by atoms with Crippen molar-refractivity contribution in [3.05, 3.63) is 12.1 Å². The molecular weight excluding hydrogens is 492 g/mol. The van der Waals surface area contributed by atoms with Crippen LogP contribution in [0.1, 0.15) is 64.2 Å². The van der Waals surface area contributed by atoms with Crippen LogP contribution in [0, 0.1) is 0 Å². The summed E-state index contributed by atoms with van der Waals surface area (Å²) < 4.78 is 11.1. The highest BCUT2D eigenvalue weighted by atomic mass is 35.5. The fourth-order valence-electron chi connectivity index (χ4n) is 5.41. The summed E-state index contributed by atoms with van der Waals surface area (Å²) in [6.07, 6.45) is 12.1. The van der Waals surface area contributed by atoms with E-state index in [2.05, 4.69) is 21.3 Å². The molecule has 2 aliphatic rings. The first-order valence-corrected chi connectivity index (χ1v) is 14.2. The molecule has 2 aliphatic carbocycles. The number of ether oxygens (including phenoxy) is 2. The zero-order chi connectivity index (χ0) is 26.0. The van der Waals surface area contributed by atoms with Crippen LogP contribution in [0.3, 0.4) is 0 Å². The summed E-state index contributed by atoms with van der Waals surface area (Å²) in [5, 5.41) is 14.6. The smallest absolute Gasteiger partial charge is 0.234 e. The van der Waals surface area contributed by atoms with Crippen LogP contribution in [0.5, 0.6) is 11.5 Å². The van der Waals surface area contributed by atoms with Crippen molar-refractivity contribution in [2.75, 3.05) is 43.8 Å². The number of carbonyl (C=O) groups is 1. The van der Waals surface area contributed by atoms with Crippen molar-refractivity contribution in [3.8, 4) is 11.5 Å². The predicted molar refractivity (Wildman–Crippen MR) is 149 cm³/mol. The third-order valence-electron chi connectivity index (χ3n) is 7.43. The van der Waals surface area contributed by atoms with Gasteiger partial charge < -0.3 is 30.7 Å². The lowest BCUT2D eigenvalue weighted by molar-refractivity contribution is -0.118. The minimum absolute atomic E-state index is 0.0277. The molecule has 37 heavy (non-hydrogen) atoms. The first-order valence-electron chi connectivity index (χ1n) is 13.6. The molecule has 2 saturated carbocycles. The van der Waals surface area contributed by atoms with E-state index in [1.165, 1.54) is 44.9 Å². The quantitative estimate of drug-likeness (QED) is 0.234. The summed E-state index contributed by atoms with van der Waals surface area (Å²) in [4.78, 5) is 20.9. The van der Waals surface area contributed by atoms with E-state index in [9.17, 15) is 4.79 Å². The molecule has 4 rings (SSSR count). The van der Waals surface area contributed by atoms with Gasteiger partial charge in [0.2, 0.25) is 11.9 Å². The van der Waals surface area contributed by atoms with Crippen LogP contribution in [0.25, 0.3) is 10.9 Å². The Balaban J connectivity index is 1.43. The van der Waals surface area contributed by atoms with E-state index in [1.54, 1.807) is 14.2 Å². The number of alkyl halides is 1. The van der Waals surface area contributed by atoms with Gasteiger partial charge in [0.1, 0.15) is 11.7 Å². The number of anilines is 2. The van der Waals surface area contributed by atoms with Gasteiger partial charge >= 0.3 is 0 Å². The monoisotopic (exact) mass is 532 g/mol. The number of nitrogens with zero attached hydrogens (tertiary/aromatic N) is 2. The summed E-state index contributed by atoms with van der Waals surface area (Å²) in [5.41, 5.74) is 0.778. The van der Waals surface area contributed by atoms with Crippen molar-refractivity contribution >= 4 is 40.2 Å². The van der Waals surface area contributed by atoms with E-state index in [0.29, 0.717) is 48.7 Å². The maximum absolute atomic E-state index is 11.3. The van der Waals surface area contributed by atoms with Crippen LogP contribution in [0.15, 0.2) is 12.1 Å². The highest BCUT2D eigenvalue weighted by molar-refractivity contribution is 6.27. The second-order valence-corrected chi connectivity index (χ2v) is 10.3. The van der Waals surface area contributed by atoms with E-state index < -0.39 is 0 Å². The lowest BCUT2D eigenvalue weighted by atomic mass is 9.88. The van der Waals surface area contributed by atoms with Crippen LogP contribution in [0.2, 0.25) is 0 Å². The van der Waals surface area contributed by atoms with Gasteiger partial charge in [0.15, 0.2) is 11.5 Å². The predicted octanol–water partition coefficient (Wildman–Crippen LogP) is 4.45. The summed E-state index contributed by atoms with van der Waals surface area (Å²) >= 11 is 5.53. The molecular formula is C27H41ClN6O3. The summed E-state index contributed by atoms with van der Waals surface area (Å²) in [6, 6.07) is 5.50. The number of aromatic nitrogens is 2. The van der Waals surface area contributed by atoms with Crippen molar-refractivity contribution < 1.29 is 14.3 Å². The number of benzene rings is 1. The molecule has 0 unspecified atom stereocenters. The van der Waals surface area contributed by atoms with E-state index in [1.807, 2.05) is 12.1 Å². The third kappa shape index (κ3) is 7.74. The Labute approximate surface area is 224 Å². The normalized spacial score (nSPS) is 20.4. The SMILES string of the molecule is COc1cc2nc(NCCCNC(=O)CCl)nc(NC3CCC(NC4CCCCC4)CC3)c2cc1OC. The van der Waals surface area contributed by atoms with Gasteiger partial charge in [-0.05, 0) is 51.0 Å². The maximum atomic E-state index is 11.3. The molecule has 0 spiro atoms. The third-order valence-corrected chi connectivity index (χ3v) is 7.67. The molecule has 0 saturated heterocycles. The van der Waals surface area contributed by atoms with Gasteiger partial charge in [-0.25, -0.2) is 4.98 Å². The van der Waals surface area contributed by atoms with Gasteiger partial charge in [0.05, 0.1) is 19.7 Å². The number of carbonyl (C=O) groups excluding carboxylic acids is 1. The van der Waals surface area contributed by atoms with Crippen molar-refractivity contribution in [1.29, 1.82) is 0 Å². The Morgan fingerprint density at radius 3 is 2.30 bits per heavy atom. The van der Waals surface area contributed by atoms with Gasteiger partial charge in [-0.2, -0.15) is 4.98 Å². The maximum Gasteiger partial charge on any atom is 0.234 e. The zero-order valence-electron chi connectivity index (χ0n) is 22.1. The Hall–Kier alpha value is -2.52. The molecule has 9 nitrogen and oxygen atoms in total. The van der Waals surface area contributed by atoms with Gasteiger partial charge in [-0.1, -0.05) is 19.3 Å². The topological polar surface area (TPSA) is 109 Å². The zero-order valence-corrected chi connectivity index (χ0v) is 22.8. The molecule has 2 fully saturated rings. The van der Waals surface area contributed by atoms with Crippen molar-refractivity contribution in [1.82, 2.24) is 20.6 Å². The molecule has 4 N–H and O–H groups in total. The number of amides is 1.